The predicted molar refractivity (Wildman–Crippen MR) is 88.2 cm³/mol. The van der Waals surface area contributed by atoms with Crippen molar-refractivity contribution in [3.05, 3.63) is 16.7 Å². The third-order valence-electron chi connectivity index (χ3n) is 3.45. The van der Waals surface area contributed by atoms with Crippen LogP contribution in [0.2, 0.25) is 0 Å². The van der Waals surface area contributed by atoms with E-state index in [1.165, 1.54) is 6.33 Å². The number of aromatic nitrogens is 4. The highest BCUT2D eigenvalue weighted by Crippen LogP contribution is 2.06. The lowest BCUT2D eigenvalue weighted by Crippen LogP contribution is -2.14. The molecule has 2 aromatic heterocycles. The second-order valence-electron chi connectivity index (χ2n) is 5.41. The van der Waals surface area contributed by atoms with Crippen molar-refractivity contribution >= 4 is 23.1 Å². The van der Waals surface area contributed by atoms with Crippen molar-refractivity contribution in [1.82, 2.24) is 19.5 Å². The number of nitrogens with one attached hydrogen (secondary N) is 1. The Bertz CT molecular complexity index is 724. The van der Waals surface area contributed by atoms with Gasteiger partial charge in [-0.05, 0) is 6.42 Å². The number of imidazole rings is 1. The summed E-state index contributed by atoms with van der Waals surface area (Å²) in [6.45, 7) is 2.70. The van der Waals surface area contributed by atoms with Gasteiger partial charge in [-0.1, -0.05) is 26.2 Å². The standard InChI is InChI=1S/C15H23N5O4/c1-2-3-4-5-6-11(21)24-8-7-23-10-20-9-17-12-13(20)18-15(16)19-14(12)22/h9H,2-8,10H2,1H3,(H3,16,18,19,22). The van der Waals surface area contributed by atoms with Crippen LogP contribution in [-0.2, 0) is 21.0 Å². The summed E-state index contributed by atoms with van der Waals surface area (Å²) < 4.78 is 12.1. The van der Waals surface area contributed by atoms with E-state index in [-0.39, 0.29) is 37.4 Å². The van der Waals surface area contributed by atoms with Crippen molar-refractivity contribution in [2.75, 3.05) is 18.9 Å². The largest absolute Gasteiger partial charge is 0.463 e. The number of aromatic amines is 1. The van der Waals surface area contributed by atoms with Crippen LogP contribution in [0.5, 0.6) is 0 Å². The van der Waals surface area contributed by atoms with Crippen LogP contribution < -0.4 is 11.3 Å². The minimum Gasteiger partial charge on any atom is -0.463 e. The van der Waals surface area contributed by atoms with Gasteiger partial charge >= 0.3 is 5.97 Å². The van der Waals surface area contributed by atoms with Crippen LogP contribution in [0.4, 0.5) is 5.95 Å². The number of fused-ring (bicyclic) bond motifs is 1. The topological polar surface area (TPSA) is 125 Å². The molecule has 9 nitrogen and oxygen atoms in total. The zero-order valence-corrected chi connectivity index (χ0v) is 13.8. The second kappa shape index (κ2) is 9.02. The number of carbonyl (C=O) groups is 1. The van der Waals surface area contributed by atoms with Crippen LogP contribution in [0.25, 0.3) is 11.2 Å². The number of hydrogen-bond donors (Lipinski definition) is 2. The van der Waals surface area contributed by atoms with E-state index in [1.54, 1.807) is 4.57 Å². The summed E-state index contributed by atoms with van der Waals surface area (Å²) in [5.74, 6) is -0.185. The van der Waals surface area contributed by atoms with Gasteiger partial charge in [0.05, 0.1) is 12.9 Å². The van der Waals surface area contributed by atoms with E-state index in [0.717, 1.165) is 25.7 Å². The molecule has 0 amide bonds. The normalized spacial score (nSPS) is 11.0. The number of nitrogen functional groups attached to an aromatic ring is 1. The summed E-state index contributed by atoms with van der Waals surface area (Å²) in [7, 11) is 0. The van der Waals surface area contributed by atoms with Crippen molar-refractivity contribution in [3.8, 4) is 0 Å². The number of hydrogen-bond acceptors (Lipinski definition) is 7. The van der Waals surface area contributed by atoms with Gasteiger partial charge in [0.15, 0.2) is 11.2 Å². The van der Waals surface area contributed by atoms with E-state index in [9.17, 15) is 9.59 Å². The molecule has 2 heterocycles. The zero-order valence-electron chi connectivity index (χ0n) is 13.8. The highest BCUT2D eigenvalue weighted by atomic mass is 16.6. The summed E-state index contributed by atoms with van der Waals surface area (Å²) >= 11 is 0. The number of unbranched alkanes of at least 4 members (excludes halogenated alkanes) is 3. The fourth-order valence-corrected chi connectivity index (χ4v) is 2.21. The van der Waals surface area contributed by atoms with Crippen LogP contribution in [0.3, 0.4) is 0 Å². The average molecular weight is 337 g/mol. The number of carbonyl (C=O) groups excluding carboxylic acids is 1. The summed E-state index contributed by atoms with van der Waals surface area (Å²) in [5, 5.41) is 0. The molecule has 0 unspecified atom stereocenters. The maximum atomic E-state index is 11.6. The molecule has 0 aromatic carbocycles. The van der Waals surface area contributed by atoms with E-state index >= 15 is 0 Å². The lowest BCUT2D eigenvalue weighted by atomic mass is 10.2. The monoisotopic (exact) mass is 337 g/mol. The fourth-order valence-electron chi connectivity index (χ4n) is 2.21. The van der Waals surface area contributed by atoms with Gasteiger partial charge in [-0.2, -0.15) is 4.98 Å². The highest BCUT2D eigenvalue weighted by Gasteiger charge is 2.09. The van der Waals surface area contributed by atoms with Crippen molar-refractivity contribution in [2.24, 2.45) is 0 Å². The summed E-state index contributed by atoms with van der Waals surface area (Å²) in [6.07, 6.45) is 6.07. The van der Waals surface area contributed by atoms with Gasteiger partial charge < -0.3 is 15.2 Å². The minimum absolute atomic E-state index is 0.0197. The van der Waals surface area contributed by atoms with Crippen molar-refractivity contribution in [2.45, 2.75) is 45.8 Å². The van der Waals surface area contributed by atoms with Crippen LogP contribution in [0, 0.1) is 0 Å². The van der Waals surface area contributed by atoms with E-state index in [2.05, 4.69) is 21.9 Å². The minimum atomic E-state index is -0.395. The third kappa shape index (κ3) is 5.05. The first-order valence-electron chi connectivity index (χ1n) is 8.05. The Balaban J connectivity index is 1.70. The van der Waals surface area contributed by atoms with Gasteiger partial charge in [0.2, 0.25) is 5.95 Å². The Morgan fingerprint density at radius 2 is 2.17 bits per heavy atom. The number of anilines is 1. The van der Waals surface area contributed by atoms with Crippen LogP contribution >= 0.6 is 0 Å². The molecule has 0 radical (unpaired) electrons. The number of nitrogens with zero attached hydrogens (tertiary/aromatic N) is 3. The predicted octanol–water partition coefficient (Wildman–Crippen LogP) is 1.19. The van der Waals surface area contributed by atoms with Gasteiger partial charge in [0.1, 0.15) is 13.3 Å². The van der Waals surface area contributed by atoms with E-state index in [0.29, 0.717) is 12.1 Å². The zero-order chi connectivity index (χ0) is 17.4. The molecular weight excluding hydrogens is 314 g/mol. The lowest BCUT2D eigenvalue weighted by Gasteiger charge is -2.07. The maximum Gasteiger partial charge on any atom is 0.305 e. The maximum absolute atomic E-state index is 11.6. The molecule has 24 heavy (non-hydrogen) atoms. The molecule has 9 heteroatoms. The Morgan fingerprint density at radius 1 is 1.33 bits per heavy atom. The van der Waals surface area contributed by atoms with Gasteiger partial charge in [-0.15, -0.1) is 0 Å². The first-order valence-corrected chi connectivity index (χ1v) is 8.05. The molecule has 0 atom stereocenters. The molecule has 0 aliphatic heterocycles. The smallest absolute Gasteiger partial charge is 0.305 e. The number of esters is 1. The molecule has 132 valence electrons. The molecule has 0 saturated heterocycles. The molecule has 2 aromatic rings. The van der Waals surface area contributed by atoms with E-state index in [1.807, 2.05) is 0 Å². The molecule has 3 N–H and O–H groups in total. The van der Waals surface area contributed by atoms with Crippen molar-refractivity contribution in [3.63, 3.8) is 0 Å². The Labute approximate surface area is 139 Å². The molecular formula is C15H23N5O4. The summed E-state index contributed by atoms with van der Waals surface area (Å²) in [4.78, 5) is 33.5. The molecule has 2 rings (SSSR count). The first-order chi connectivity index (χ1) is 11.6. The van der Waals surface area contributed by atoms with Crippen molar-refractivity contribution < 1.29 is 14.3 Å². The summed E-state index contributed by atoms with van der Waals surface area (Å²) in [6, 6.07) is 0. The quantitative estimate of drug-likeness (QED) is 0.492. The van der Waals surface area contributed by atoms with Crippen molar-refractivity contribution in [1.29, 1.82) is 0 Å². The molecule has 0 aliphatic carbocycles. The number of H-pyrrole nitrogens is 1. The Hall–Kier alpha value is -2.42. The van der Waals surface area contributed by atoms with E-state index < -0.39 is 5.56 Å². The molecule has 0 aliphatic rings. The van der Waals surface area contributed by atoms with Gasteiger partial charge in [0, 0.05) is 6.42 Å². The Kier molecular flexibility index (Phi) is 6.74. The Morgan fingerprint density at radius 3 is 2.96 bits per heavy atom. The molecule has 0 saturated carbocycles. The highest BCUT2D eigenvalue weighted by molar-refractivity contribution is 5.70. The second-order valence-corrected chi connectivity index (χ2v) is 5.41. The van der Waals surface area contributed by atoms with Gasteiger partial charge in [0.25, 0.3) is 5.56 Å². The average Bonchev–Trinajstić information content (AvgIpc) is 2.94. The molecule has 0 bridgehead atoms. The number of rotatable bonds is 10. The molecule has 0 fully saturated rings. The number of ether oxygens (including phenoxy) is 2. The lowest BCUT2D eigenvalue weighted by molar-refractivity contribution is -0.145. The fraction of sp³-hybridized carbons (Fsp3) is 0.600. The van der Waals surface area contributed by atoms with Gasteiger partial charge in [-0.25, -0.2) is 4.98 Å². The van der Waals surface area contributed by atoms with Gasteiger partial charge in [-0.3, -0.25) is 19.1 Å². The molecule has 0 spiro atoms. The number of nitrogens with two attached hydrogens (primary N) is 1. The van der Waals surface area contributed by atoms with Crippen LogP contribution in [-0.4, -0.2) is 38.7 Å². The third-order valence-corrected chi connectivity index (χ3v) is 3.45. The van der Waals surface area contributed by atoms with E-state index in [4.69, 9.17) is 15.2 Å². The first kappa shape index (κ1) is 17.9. The summed E-state index contributed by atoms with van der Waals surface area (Å²) in [5.41, 5.74) is 5.67. The van der Waals surface area contributed by atoms with Crippen LogP contribution in [0.1, 0.15) is 39.0 Å². The van der Waals surface area contributed by atoms with Crippen LogP contribution in [0.15, 0.2) is 11.1 Å². The SMILES string of the molecule is CCCCCCC(=O)OCCOCn1cnc2c(=O)[nH]c(N)nc21.